The zero-order valence-corrected chi connectivity index (χ0v) is 15.1. The van der Waals surface area contributed by atoms with Crippen LogP contribution in [0.5, 0.6) is 0 Å². The summed E-state index contributed by atoms with van der Waals surface area (Å²) in [5.74, 6) is -0.161. The molecule has 0 heterocycles. The quantitative estimate of drug-likeness (QED) is 0.372. The average Bonchev–Trinajstić information content (AvgIpc) is 2.51. The third kappa shape index (κ3) is 7.40. The molecule has 1 unspecified atom stereocenters. The second kappa shape index (κ2) is 8.80. The van der Waals surface area contributed by atoms with Crippen LogP contribution in [-0.2, 0) is 15.1 Å². The lowest BCUT2D eigenvalue weighted by Crippen LogP contribution is -2.22. The number of ether oxygens (including phenoxy) is 1. The minimum absolute atomic E-state index is 0.161. The van der Waals surface area contributed by atoms with E-state index in [1.54, 1.807) is 0 Å². The van der Waals surface area contributed by atoms with Crippen molar-refractivity contribution in [2.24, 2.45) is 10.2 Å². The van der Waals surface area contributed by atoms with E-state index < -0.39 is 5.54 Å². The first-order valence-electron chi connectivity index (χ1n) is 8.42. The van der Waals surface area contributed by atoms with Crippen molar-refractivity contribution in [1.82, 2.24) is 0 Å². The molecule has 0 saturated carbocycles. The molecule has 1 rings (SSSR count). The van der Waals surface area contributed by atoms with Crippen molar-refractivity contribution >= 4 is 5.97 Å². The fourth-order valence-corrected chi connectivity index (χ4v) is 2.06. The van der Waals surface area contributed by atoms with Gasteiger partial charge in [-0.25, -0.2) is 0 Å². The molecule has 0 aliphatic rings. The molecule has 1 aromatic rings. The van der Waals surface area contributed by atoms with Gasteiger partial charge in [0.1, 0.15) is 5.54 Å². The molecule has 0 aliphatic heterocycles. The van der Waals surface area contributed by atoms with Gasteiger partial charge in [0.15, 0.2) is 0 Å². The Hall–Kier alpha value is -1.71. The molecule has 0 spiro atoms. The monoisotopic (exact) mass is 318 g/mol. The number of hydrogen-bond acceptors (Lipinski definition) is 4. The van der Waals surface area contributed by atoms with Crippen LogP contribution in [0.3, 0.4) is 0 Å². The Bertz CT molecular complexity index is 506. The Labute approximate surface area is 140 Å². The predicted molar refractivity (Wildman–Crippen MR) is 93.5 cm³/mol. The molecular formula is C19H30N2O2. The smallest absolute Gasteiger partial charge is 0.305 e. The summed E-state index contributed by atoms with van der Waals surface area (Å²) in [5, 5.41) is 9.01. The highest BCUT2D eigenvalue weighted by Gasteiger charge is 2.28. The van der Waals surface area contributed by atoms with Crippen LogP contribution in [0.15, 0.2) is 40.6 Å². The van der Waals surface area contributed by atoms with Crippen LogP contribution >= 0.6 is 0 Å². The summed E-state index contributed by atoms with van der Waals surface area (Å²) in [4.78, 5) is 11.9. The number of esters is 1. The second-order valence-corrected chi connectivity index (χ2v) is 7.08. The van der Waals surface area contributed by atoms with Crippen LogP contribution in [0.2, 0.25) is 0 Å². The molecule has 0 radical (unpaired) electrons. The number of hydrogen-bond donors (Lipinski definition) is 0. The SMILES string of the molecule is CCCCOC(=O)CCC(C)(/N=N/C(C)(C)C)c1ccccc1. The predicted octanol–water partition coefficient (Wildman–Crippen LogP) is 5.28. The molecular weight excluding hydrogens is 288 g/mol. The molecule has 23 heavy (non-hydrogen) atoms. The molecule has 4 heteroatoms. The van der Waals surface area contributed by atoms with Gasteiger partial charge in [0, 0.05) is 6.42 Å². The summed E-state index contributed by atoms with van der Waals surface area (Å²) >= 11 is 0. The van der Waals surface area contributed by atoms with Crippen LogP contribution in [0.4, 0.5) is 0 Å². The fourth-order valence-electron chi connectivity index (χ4n) is 2.06. The Balaban J connectivity index is 2.81. The number of nitrogens with zero attached hydrogens (tertiary/aromatic N) is 2. The highest BCUT2D eigenvalue weighted by Crippen LogP contribution is 2.32. The van der Waals surface area contributed by atoms with E-state index >= 15 is 0 Å². The van der Waals surface area contributed by atoms with Crippen molar-refractivity contribution in [3.63, 3.8) is 0 Å². The van der Waals surface area contributed by atoms with E-state index in [4.69, 9.17) is 4.74 Å². The molecule has 0 N–H and O–H groups in total. The van der Waals surface area contributed by atoms with Crippen molar-refractivity contribution in [3.05, 3.63) is 35.9 Å². The number of rotatable bonds is 8. The van der Waals surface area contributed by atoms with E-state index in [2.05, 4.69) is 17.2 Å². The molecule has 1 aromatic carbocycles. The molecule has 4 nitrogen and oxygen atoms in total. The fraction of sp³-hybridized carbons (Fsp3) is 0.632. The zero-order valence-electron chi connectivity index (χ0n) is 15.1. The third-order valence-electron chi connectivity index (χ3n) is 3.54. The van der Waals surface area contributed by atoms with Crippen molar-refractivity contribution in [3.8, 4) is 0 Å². The molecule has 0 saturated heterocycles. The van der Waals surface area contributed by atoms with Gasteiger partial charge in [-0.2, -0.15) is 10.2 Å². The molecule has 0 amide bonds. The lowest BCUT2D eigenvalue weighted by atomic mass is 9.88. The standard InChI is InChI=1S/C19H30N2O2/c1-6-7-15-23-17(22)13-14-19(5,21-20-18(2,3)4)16-11-9-8-10-12-16/h8-12H,6-7,13-15H2,1-5H3/b21-20+. The van der Waals surface area contributed by atoms with Gasteiger partial charge < -0.3 is 4.74 Å². The molecule has 0 aromatic heterocycles. The topological polar surface area (TPSA) is 51.0 Å². The van der Waals surface area contributed by atoms with E-state index in [9.17, 15) is 4.79 Å². The summed E-state index contributed by atoms with van der Waals surface area (Å²) in [5.41, 5.74) is 0.310. The van der Waals surface area contributed by atoms with Gasteiger partial charge in [0.25, 0.3) is 0 Å². The van der Waals surface area contributed by atoms with Crippen molar-refractivity contribution in [2.45, 2.75) is 71.4 Å². The first-order valence-corrected chi connectivity index (χ1v) is 8.42. The van der Waals surface area contributed by atoms with Gasteiger partial charge >= 0.3 is 5.97 Å². The molecule has 0 bridgehead atoms. The summed E-state index contributed by atoms with van der Waals surface area (Å²) < 4.78 is 5.25. The Morgan fingerprint density at radius 1 is 1.09 bits per heavy atom. The summed E-state index contributed by atoms with van der Waals surface area (Å²) in [6, 6.07) is 10.0. The van der Waals surface area contributed by atoms with E-state index in [0.717, 1.165) is 18.4 Å². The third-order valence-corrected chi connectivity index (χ3v) is 3.54. The Kier molecular flexibility index (Phi) is 7.40. The van der Waals surface area contributed by atoms with Crippen molar-refractivity contribution in [2.75, 3.05) is 6.61 Å². The minimum atomic E-state index is -0.516. The Morgan fingerprint density at radius 3 is 2.30 bits per heavy atom. The summed E-state index contributed by atoms with van der Waals surface area (Å²) in [6.45, 7) is 10.6. The van der Waals surface area contributed by atoms with Crippen LogP contribution in [0, 0.1) is 0 Å². The largest absolute Gasteiger partial charge is 0.466 e. The maximum Gasteiger partial charge on any atom is 0.305 e. The van der Waals surface area contributed by atoms with Crippen molar-refractivity contribution in [1.29, 1.82) is 0 Å². The van der Waals surface area contributed by atoms with Gasteiger partial charge in [-0.1, -0.05) is 43.7 Å². The van der Waals surface area contributed by atoms with Gasteiger partial charge in [-0.05, 0) is 46.1 Å². The number of carbonyl (C=O) groups excluding carboxylic acids is 1. The van der Waals surface area contributed by atoms with Crippen LogP contribution in [0.25, 0.3) is 0 Å². The van der Waals surface area contributed by atoms with Gasteiger partial charge in [0.05, 0.1) is 12.1 Å². The Morgan fingerprint density at radius 2 is 1.74 bits per heavy atom. The zero-order chi connectivity index (χ0) is 17.3. The average molecular weight is 318 g/mol. The number of unbranched alkanes of at least 4 members (excludes halogenated alkanes) is 1. The summed E-state index contributed by atoms with van der Waals surface area (Å²) in [7, 11) is 0. The molecule has 0 aliphatic carbocycles. The van der Waals surface area contributed by atoms with E-state index in [0.29, 0.717) is 19.4 Å². The first-order chi connectivity index (χ1) is 10.8. The number of carbonyl (C=O) groups is 1. The highest BCUT2D eigenvalue weighted by atomic mass is 16.5. The van der Waals surface area contributed by atoms with E-state index in [1.807, 2.05) is 58.0 Å². The first kappa shape index (κ1) is 19.3. The summed E-state index contributed by atoms with van der Waals surface area (Å²) in [6.07, 6.45) is 2.86. The van der Waals surface area contributed by atoms with Gasteiger partial charge in [-0.3, -0.25) is 4.79 Å². The lowest BCUT2D eigenvalue weighted by molar-refractivity contribution is -0.144. The maximum atomic E-state index is 11.9. The number of benzene rings is 1. The second-order valence-electron chi connectivity index (χ2n) is 7.08. The minimum Gasteiger partial charge on any atom is -0.466 e. The van der Waals surface area contributed by atoms with E-state index in [-0.39, 0.29) is 11.5 Å². The van der Waals surface area contributed by atoms with Crippen LogP contribution in [-0.4, -0.2) is 18.1 Å². The number of azo groups is 1. The lowest BCUT2D eigenvalue weighted by Gasteiger charge is -2.26. The van der Waals surface area contributed by atoms with E-state index in [1.165, 1.54) is 0 Å². The highest BCUT2D eigenvalue weighted by molar-refractivity contribution is 5.69. The van der Waals surface area contributed by atoms with Crippen LogP contribution in [0.1, 0.15) is 65.9 Å². The van der Waals surface area contributed by atoms with Crippen LogP contribution < -0.4 is 0 Å². The molecule has 128 valence electrons. The molecule has 0 fully saturated rings. The van der Waals surface area contributed by atoms with Crippen molar-refractivity contribution < 1.29 is 9.53 Å². The van der Waals surface area contributed by atoms with Gasteiger partial charge in [-0.15, -0.1) is 0 Å². The maximum absolute atomic E-state index is 11.9. The molecule has 1 atom stereocenters. The van der Waals surface area contributed by atoms with Gasteiger partial charge in [0.2, 0.25) is 0 Å². The normalized spacial score (nSPS) is 14.7.